The second-order valence-corrected chi connectivity index (χ2v) is 7.75. The van der Waals surface area contributed by atoms with Crippen molar-refractivity contribution in [2.75, 3.05) is 79.2 Å². The van der Waals surface area contributed by atoms with Crippen molar-refractivity contribution < 1.29 is 35.9 Å². The molecular formula is C19H31FN6O7S. The number of alkyl halides is 1. The monoisotopic (exact) mass is 505 g/mol. The molecule has 0 fully saturated rings. The lowest BCUT2D eigenvalue weighted by Gasteiger charge is -2.07. The van der Waals surface area contributed by atoms with E-state index in [4.69, 9.17) is 34.2 Å². The summed E-state index contributed by atoms with van der Waals surface area (Å²) in [5, 5.41) is 6.57. The van der Waals surface area contributed by atoms with Crippen molar-refractivity contribution >= 4 is 10.1 Å². The Morgan fingerprint density at radius 1 is 0.765 bits per heavy atom. The van der Waals surface area contributed by atoms with Gasteiger partial charge in [0.25, 0.3) is 10.1 Å². The van der Waals surface area contributed by atoms with E-state index in [0.29, 0.717) is 46.2 Å². The number of rotatable bonds is 19. The van der Waals surface area contributed by atoms with Gasteiger partial charge in [-0.15, -0.1) is 0 Å². The molecule has 0 bridgehead atoms. The van der Waals surface area contributed by atoms with Crippen molar-refractivity contribution in [1.82, 2.24) is 0 Å². The van der Waals surface area contributed by atoms with Crippen LogP contribution in [0.3, 0.4) is 0 Å². The van der Waals surface area contributed by atoms with Crippen molar-refractivity contribution in [2.45, 2.75) is 11.8 Å². The van der Waals surface area contributed by atoms with E-state index in [1.807, 2.05) is 6.92 Å². The zero-order valence-electron chi connectivity index (χ0n) is 19.1. The second-order valence-electron chi connectivity index (χ2n) is 6.14. The van der Waals surface area contributed by atoms with E-state index in [0.717, 1.165) is 5.56 Å². The van der Waals surface area contributed by atoms with Gasteiger partial charge in [0.05, 0.1) is 64.4 Å². The summed E-state index contributed by atoms with van der Waals surface area (Å²) in [7, 11) is -3.74. The first-order chi connectivity index (χ1) is 16.5. The van der Waals surface area contributed by atoms with Crippen molar-refractivity contribution in [1.29, 1.82) is 0 Å². The summed E-state index contributed by atoms with van der Waals surface area (Å²) in [5.41, 5.74) is 16.9. The van der Waals surface area contributed by atoms with E-state index in [9.17, 15) is 12.8 Å². The van der Waals surface area contributed by atoms with Crippen LogP contribution in [0.2, 0.25) is 0 Å². The molecule has 1 rings (SSSR count). The lowest BCUT2D eigenvalue weighted by Crippen LogP contribution is -2.14. The van der Waals surface area contributed by atoms with E-state index >= 15 is 0 Å². The average molecular weight is 506 g/mol. The van der Waals surface area contributed by atoms with Crippen LogP contribution in [0.1, 0.15) is 5.56 Å². The first kappa shape index (κ1) is 31.5. The third kappa shape index (κ3) is 19.0. The molecule has 1 aromatic carbocycles. The summed E-state index contributed by atoms with van der Waals surface area (Å²) in [4.78, 5) is 5.26. The minimum absolute atomic E-state index is 0.0606. The average Bonchev–Trinajstić information content (AvgIpc) is 2.83. The van der Waals surface area contributed by atoms with Gasteiger partial charge in [-0.2, -0.15) is 8.42 Å². The SMILES string of the molecule is Cc1ccc(S(=O)(=O)OCCOCCOCCN=[N+]=[N-])cc1.[N-]=[N+]=NCCOCCOCC[18F]. The third-order valence-electron chi connectivity index (χ3n) is 3.54. The second kappa shape index (κ2) is 22.3. The molecule has 0 N–H and O–H groups in total. The highest BCUT2D eigenvalue weighted by atomic mass is 32.2. The fourth-order valence-corrected chi connectivity index (χ4v) is 2.87. The Hall–Kier alpha value is -2.48. The van der Waals surface area contributed by atoms with Gasteiger partial charge in [-0.1, -0.05) is 27.9 Å². The molecule has 0 aliphatic heterocycles. The van der Waals surface area contributed by atoms with Crippen molar-refractivity contribution in [3.05, 3.63) is 50.7 Å². The highest BCUT2D eigenvalue weighted by Gasteiger charge is 2.14. The van der Waals surface area contributed by atoms with Crippen molar-refractivity contribution in [3.8, 4) is 0 Å². The fourth-order valence-electron chi connectivity index (χ4n) is 1.97. The van der Waals surface area contributed by atoms with Gasteiger partial charge in [0, 0.05) is 22.9 Å². The Bertz CT molecular complexity index is 832. The lowest BCUT2D eigenvalue weighted by atomic mass is 10.2. The van der Waals surface area contributed by atoms with Gasteiger partial charge >= 0.3 is 0 Å². The van der Waals surface area contributed by atoms with Crippen LogP contribution < -0.4 is 0 Å². The molecule has 0 aliphatic rings. The maximum absolute atomic E-state index is 11.8. The van der Waals surface area contributed by atoms with Crippen molar-refractivity contribution in [2.24, 2.45) is 10.2 Å². The van der Waals surface area contributed by atoms with Crippen LogP contribution in [0, 0.1) is 6.92 Å². The molecule has 192 valence electrons. The molecular weight excluding hydrogens is 474 g/mol. The Morgan fingerprint density at radius 2 is 1.21 bits per heavy atom. The number of azide groups is 2. The zero-order chi connectivity index (χ0) is 25.3. The van der Waals surface area contributed by atoms with E-state index in [1.165, 1.54) is 12.1 Å². The Balaban J connectivity index is 0.000000770. The molecule has 0 radical (unpaired) electrons. The highest BCUT2D eigenvalue weighted by Crippen LogP contribution is 2.12. The summed E-state index contributed by atoms with van der Waals surface area (Å²) < 4.78 is 60.0. The quantitative estimate of drug-likeness (QED) is 0.0909. The summed E-state index contributed by atoms with van der Waals surface area (Å²) in [6.07, 6.45) is 0. The van der Waals surface area contributed by atoms with Crippen LogP contribution in [0.25, 0.3) is 20.9 Å². The molecule has 0 unspecified atom stereocenters. The molecule has 0 saturated carbocycles. The van der Waals surface area contributed by atoms with Gasteiger partial charge in [0.1, 0.15) is 6.67 Å². The lowest BCUT2D eigenvalue weighted by molar-refractivity contribution is 0.0396. The molecule has 15 heteroatoms. The molecule has 0 spiro atoms. The summed E-state index contributed by atoms with van der Waals surface area (Å²) in [5.74, 6) is 0. The largest absolute Gasteiger partial charge is 0.379 e. The molecule has 0 atom stereocenters. The molecule has 0 aliphatic carbocycles. The highest BCUT2D eigenvalue weighted by molar-refractivity contribution is 7.86. The molecule has 34 heavy (non-hydrogen) atoms. The first-order valence-electron chi connectivity index (χ1n) is 10.3. The summed E-state index contributed by atoms with van der Waals surface area (Å²) in [6, 6.07) is 6.42. The number of hydrogen-bond acceptors (Lipinski definition) is 9. The van der Waals surface area contributed by atoms with Gasteiger partial charge in [-0.05, 0) is 30.1 Å². The molecule has 13 nitrogen and oxygen atoms in total. The zero-order valence-corrected chi connectivity index (χ0v) is 19.9. The third-order valence-corrected chi connectivity index (χ3v) is 4.87. The standard InChI is InChI=1S/C13H19N3O5S.C6H12FN3O2/c1-12-2-4-13(5-3-12)22(17,18)21-11-10-20-9-8-19-7-6-15-16-14;7-1-3-11-5-6-12-4-2-9-10-8/h2-5H,6-11H2,1H3;1-6H2/i;7-1. The van der Waals surface area contributed by atoms with E-state index < -0.39 is 16.8 Å². The Morgan fingerprint density at radius 3 is 1.68 bits per heavy atom. The molecule has 1 aromatic rings. The van der Waals surface area contributed by atoms with E-state index in [2.05, 4.69) is 20.1 Å². The molecule has 0 saturated heterocycles. The van der Waals surface area contributed by atoms with Gasteiger partial charge in [-0.25, -0.2) is 4.39 Å². The number of benzene rings is 1. The minimum Gasteiger partial charge on any atom is -0.379 e. The number of hydrogen-bond donors (Lipinski definition) is 0. The predicted octanol–water partition coefficient (Wildman–Crippen LogP) is 3.34. The van der Waals surface area contributed by atoms with Gasteiger partial charge in [0.2, 0.25) is 0 Å². The van der Waals surface area contributed by atoms with E-state index in [1.54, 1.807) is 12.1 Å². The Labute approximate surface area is 198 Å². The number of halogens is 1. The summed E-state index contributed by atoms with van der Waals surface area (Å²) >= 11 is 0. The Kier molecular flexibility index (Phi) is 20.7. The molecule has 0 amide bonds. The smallest absolute Gasteiger partial charge is 0.297 e. The van der Waals surface area contributed by atoms with Crippen LogP contribution in [0.4, 0.5) is 4.39 Å². The van der Waals surface area contributed by atoms with Crippen LogP contribution in [0.5, 0.6) is 0 Å². The van der Waals surface area contributed by atoms with Gasteiger partial charge in [-0.3, -0.25) is 4.18 Å². The predicted molar refractivity (Wildman–Crippen MR) is 122 cm³/mol. The molecule has 0 aromatic heterocycles. The fraction of sp³-hybridized carbons (Fsp3) is 0.684. The van der Waals surface area contributed by atoms with Gasteiger partial charge in [0.15, 0.2) is 0 Å². The van der Waals surface area contributed by atoms with Crippen molar-refractivity contribution in [3.63, 3.8) is 0 Å². The molecule has 0 heterocycles. The van der Waals surface area contributed by atoms with Gasteiger partial charge < -0.3 is 18.9 Å². The van der Waals surface area contributed by atoms with Crippen LogP contribution in [-0.4, -0.2) is 87.6 Å². The summed E-state index contributed by atoms with van der Waals surface area (Å²) in [6.45, 7) is 4.32. The first-order valence-corrected chi connectivity index (χ1v) is 11.7. The number of nitrogens with zero attached hydrogens (tertiary/aromatic N) is 6. The van der Waals surface area contributed by atoms with Crippen LogP contribution >= 0.6 is 0 Å². The minimum atomic E-state index is -3.74. The van der Waals surface area contributed by atoms with Crippen LogP contribution in [-0.2, 0) is 33.2 Å². The normalized spacial score (nSPS) is 10.5. The maximum Gasteiger partial charge on any atom is 0.297 e. The topological polar surface area (TPSA) is 178 Å². The maximum atomic E-state index is 11.8. The van der Waals surface area contributed by atoms with E-state index in [-0.39, 0.29) is 31.3 Å². The van der Waals surface area contributed by atoms with Crippen LogP contribution in [0.15, 0.2) is 39.4 Å². The number of ether oxygens (including phenoxy) is 4. The number of aryl methyl sites for hydroxylation is 1.